The standard InChI is InChI=1S/C23H32N8O3/c1-16-13-18(4-3-17(16)14-30-9-11-34-12-10-30)26-22(32)29-23(33)27-19-6-8-31(15-19)20-5-7-25-21(24-2)28-20/h3-5,7,13,19H,6,8-12,14-15H2,1-2H3,(H,24,25,28)(H3,26,27,29,32,33). The maximum Gasteiger partial charge on any atom is 0.327 e. The van der Waals surface area contributed by atoms with Crippen molar-refractivity contribution in [3.8, 4) is 0 Å². The zero-order chi connectivity index (χ0) is 23.9. The van der Waals surface area contributed by atoms with Gasteiger partial charge in [-0.05, 0) is 42.7 Å². The Hall–Kier alpha value is -3.44. The molecular weight excluding hydrogens is 436 g/mol. The van der Waals surface area contributed by atoms with E-state index in [1.165, 1.54) is 5.56 Å². The number of carbonyl (C=O) groups excluding carboxylic acids is 2. The van der Waals surface area contributed by atoms with Crippen LogP contribution in [-0.2, 0) is 11.3 Å². The molecule has 0 saturated carbocycles. The molecule has 1 aromatic carbocycles. The number of ether oxygens (including phenoxy) is 1. The van der Waals surface area contributed by atoms with E-state index in [1.807, 2.05) is 31.2 Å². The van der Waals surface area contributed by atoms with Crippen LogP contribution in [0, 0.1) is 6.92 Å². The minimum Gasteiger partial charge on any atom is -0.379 e. The number of imide groups is 1. The van der Waals surface area contributed by atoms with Gasteiger partial charge < -0.3 is 25.6 Å². The van der Waals surface area contributed by atoms with E-state index >= 15 is 0 Å². The Morgan fingerprint density at radius 1 is 1.15 bits per heavy atom. The Morgan fingerprint density at radius 3 is 2.74 bits per heavy atom. The first-order chi connectivity index (χ1) is 16.5. The molecule has 0 radical (unpaired) electrons. The SMILES string of the molecule is CNc1nccc(N2CCC(NC(=O)NC(=O)Nc3ccc(CN4CCOCC4)c(C)c3)C2)n1. The number of carbonyl (C=O) groups is 2. The molecule has 182 valence electrons. The van der Waals surface area contributed by atoms with Crippen LogP contribution in [0.1, 0.15) is 17.5 Å². The topological polar surface area (TPSA) is 124 Å². The third kappa shape index (κ3) is 6.33. The number of benzene rings is 1. The summed E-state index contributed by atoms with van der Waals surface area (Å²) in [5.74, 6) is 1.35. The van der Waals surface area contributed by atoms with Crippen molar-refractivity contribution < 1.29 is 14.3 Å². The Bertz CT molecular complexity index is 1010. The molecule has 4 N–H and O–H groups in total. The van der Waals surface area contributed by atoms with Gasteiger partial charge in [-0.3, -0.25) is 10.2 Å². The number of nitrogens with one attached hydrogen (secondary N) is 4. The molecule has 11 heteroatoms. The number of urea groups is 2. The van der Waals surface area contributed by atoms with E-state index in [0.717, 1.165) is 57.2 Å². The van der Waals surface area contributed by atoms with Crippen molar-refractivity contribution >= 4 is 29.5 Å². The van der Waals surface area contributed by atoms with Crippen LogP contribution in [0.5, 0.6) is 0 Å². The Labute approximate surface area is 199 Å². The molecule has 2 saturated heterocycles. The summed E-state index contributed by atoms with van der Waals surface area (Å²) in [5.41, 5.74) is 2.94. The van der Waals surface area contributed by atoms with Crippen molar-refractivity contribution in [1.82, 2.24) is 25.5 Å². The molecule has 2 aliphatic heterocycles. The van der Waals surface area contributed by atoms with Gasteiger partial charge in [0.25, 0.3) is 0 Å². The fourth-order valence-electron chi connectivity index (χ4n) is 4.17. The largest absolute Gasteiger partial charge is 0.379 e. The normalized spacial score (nSPS) is 18.4. The van der Waals surface area contributed by atoms with Crippen LogP contribution in [0.25, 0.3) is 0 Å². The molecule has 2 aromatic rings. The third-order valence-electron chi connectivity index (χ3n) is 6.04. The number of nitrogens with zero attached hydrogens (tertiary/aromatic N) is 4. The van der Waals surface area contributed by atoms with Crippen LogP contribution in [0.3, 0.4) is 0 Å². The average molecular weight is 469 g/mol. The van der Waals surface area contributed by atoms with Gasteiger partial charge in [-0.1, -0.05) is 6.07 Å². The summed E-state index contributed by atoms with van der Waals surface area (Å²) in [6.07, 6.45) is 2.46. The second-order valence-corrected chi connectivity index (χ2v) is 8.50. The lowest BCUT2D eigenvalue weighted by Gasteiger charge is -2.27. The first kappa shape index (κ1) is 23.7. The zero-order valence-corrected chi connectivity index (χ0v) is 19.6. The number of rotatable bonds is 6. The van der Waals surface area contributed by atoms with E-state index in [2.05, 4.69) is 41.0 Å². The van der Waals surface area contributed by atoms with Crippen molar-refractivity contribution in [3.63, 3.8) is 0 Å². The van der Waals surface area contributed by atoms with E-state index < -0.39 is 12.1 Å². The first-order valence-electron chi connectivity index (χ1n) is 11.5. The summed E-state index contributed by atoms with van der Waals surface area (Å²) >= 11 is 0. The fourth-order valence-corrected chi connectivity index (χ4v) is 4.17. The van der Waals surface area contributed by atoms with Crippen LogP contribution in [-0.4, -0.2) is 79.4 Å². The van der Waals surface area contributed by atoms with E-state index in [0.29, 0.717) is 18.2 Å². The molecule has 0 spiro atoms. The van der Waals surface area contributed by atoms with Crippen LogP contribution in [0.2, 0.25) is 0 Å². The summed E-state index contributed by atoms with van der Waals surface area (Å²) < 4.78 is 5.40. The highest BCUT2D eigenvalue weighted by molar-refractivity contribution is 6.00. The number of amides is 4. The van der Waals surface area contributed by atoms with Gasteiger partial charge in [0.1, 0.15) is 5.82 Å². The highest BCUT2D eigenvalue weighted by atomic mass is 16.5. The molecule has 3 heterocycles. The third-order valence-corrected chi connectivity index (χ3v) is 6.04. The van der Waals surface area contributed by atoms with Gasteiger partial charge in [0.2, 0.25) is 5.95 Å². The van der Waals surface area contributed by atoms with Gasteiger partial charge in [0, 0.05) is 57.7 Å². The number of hydrogen-bond acceptors (Lipinski definition) is 8. The number of aryl methyl sites for hydroxylation is 1. The predicted molar refractivity (Wildman–Crippen MR) is 130 cm³/mol. The number of hydrogen-bond donors (Lipinski definition) is 4. The molecule has 1 aromatic heterocycles. The fraction of sp³-hybridized carbons (Fsp3) is 0.478. The van der Waals surface area contributed by atoms with E-state index in [-0.39, 0.29) is 6.04 Å². The molecule has 0 aliphatic carbocycles. The lowest BCUT2D eigenvalue weighted by molar-refractivity contribution is 0.0341. The van der Waals surface area contributed by atoms with Crippen molar-refractivity contribution in [2.45, 2.75) is 25.9 Å². The van der Waals surface area contributed by atoms with E-state index in [4.69, 9.17) is 4.74 Å². The molecule has 4 rings (SSSR count). The van der Waals surface area contributed by atoms with Crippen molar-refractivity contribution in [1.29, 1.82) is 0 Å². The van der Waals surface area contributed by atoms with Gasteiger partial charge in [0.15, 0.2) is 0 Å². The molecule has 11 nitrogen and oxygen atoms in total. The lowest BCUT2D eigenvalue weighted by atomic mass is 10.1. The second kappa shape index (κ2) is 11.1. The highest BCUT2D eigenvalue weighted by Gasteiger charge is 2.25. The maximum absolute atomic E-state index is 12.3. The molecule has 34 heavy (non-hydrogen) atoms. The second-order valence-electron chi connectivity index (χ2n) is 8.50. The van der Waals surface area contributed by atoms with Crippen LogP contribution < -0.4 is 26.2 Å². The lowest BCUT2D eigenvalue weighted by Crippen LogP contribution is -2.46. The smallest absolute Gasteiger partial charge is 0.327 e. The molecule has 1 atom stereocenters. The van der Waals surface area contributed by atoms with Crippen molar-refractivity contribution in [3.05, 3.63) is 41.6 Å². The average Bonchev–Trinajstić information content (AvgIpc) is 3.30. The summed E-state index contributed by atoms with van der Waals surface area (Å²) in [4.78, 5) is 37.6. The molecule has 2 fully saturated rings. The highest BCUT2D eigenvalue weighted by Crippen LogP contribution is 2.19. The molecule has 1 unspecified atom stereocenters. The Balaban J connectivity index is 1.23. The molecule has 4 amide bonds. The number of anilines is 3. The van der Waals surface area contributed by atoms with E-state index in [1.54, 1.807) is 13.2 Å². The Morgan fingerprint density at radius 2 is 1.97 bits per heavy atom. The van der Waals surface area contributed by atoms with Gasteiger partial charge >= 0.3 is 12.1 Å². The Kier molecular flexibility index (Phi) is 7.76. The predicted octanol–water partition coefficient (Wildman–Crippen LogP) is 1.77. The van der Waals surface area contributed by atoms with Gasteiger partial charge in [-0.15, -0.1) is 0 Å². The molecule has 2 aliphatic rings. The van der Waals surface area contributed by atoms with Crippen LogP contribution in [0.4, 0.5) is 27.0 Å². The van der Waals surface area contributed by atoms with Crippen molar-refractivity contribution in [2.24, 2.45) is 0 Å². The van der Waals surface area contributed by atoms with Crippen molar-refractivity contribution in [2.75, 3.05) is 62.0 Å². The summed E-state index contributed by atoms with van der Waals surface area (Å²) in [7, 11) is 1.77. The molecule has 0 bridgehead atoms. The monoisotopic (exact) mass is 468 g/mol. The summed E-state index contributed by atoms with van der Waals surface area (Å²) in [5, 5.41) is 10.9. The minimum absolute atomic E-state index is 0.0810. The van der Waals surface area contributed by atoms with Gasteiger partial charge in [-0.25, -0.2) is 14.6 Å². The maximum atomic E-state index is 12.3. The molecular formula is C23H32N8O3. The number of aromatic nitrogens is 2. The van der Waals surface area contributed by atoms with E-state index in [9.17, 15) is 9.59 Å². The summed E-state index contributed by atoms with van der Waals surface area (Å²) in [6, 6.07) is 6.46. The minimum atomic E-state index is -0.567. The van der Waals surface area contributed by atoms with Crippen LogP contribution in [0.15, 0.2) is 30.5 Å². The van der Waals surface area contributed by atoms with Crippen LogP contribution >= 0.6 is 0 Å². The first-order valence-corrected chi connectivity index (χ1v) is 11.5. The zero-order valence-electron chi connectivity index (χ0n) is 19.6. The van der Waals surface area contributed by atoms with Gasteiger partial charge in [-0.2, -0.15) is 4.98 Å². The number of morpholine rings is 1. The van der Waals surface area contributed by atoms with Gasteiger partial charge in [0.05, 0.1) is 13.2 Å². The summed E-state index contributed by atoms with van der Waals surface area (Å²) in [6.45, 7) is 7.61. The quantitative estimate of drug-likeness (QED) is 0.506.